The maximum Gasteiger partial charge on any atom is 0.0366 e. The van der Waals surface area contributed by atoms with E-state index in [4.69, 9.17) is 0 Å². The summed E-state index contributed by atoms with van der Waals surface area (Å²) in [5, 5.41) is 3.45. The van der Waals surface area contributed by atoms with Gasteiger partial charge < -0.3 is 10.2 Å². The lowest BCUT2D eigenvalue weighted by Crippen LogP contribution is -2.59. The molecule has 2 heteroatoms. The first-order valence-corrected chi connectivity index (χ1v) is 7.36. The van der Waals surface area contributed by atoms with E-state index in [9.17, 15) is 0 Å². The van der Waals surface area contributed by atoms with Crippen molar-refractivity contribution in [3.05, 3.63) is 29.8 Å². The Morgan fingerprint density at radius 1 is 1.17 bits per heavy atom. The number of nitrogens with zero attached hydrogens (tertiary/aromatic N) is 1. The normalized spacial score (nSPS) is 20.6. The monoisotopic (exact) mass is 244 g/mol. The van der Waals surface area contributed by atoms with Crippen molar-refractivity contribution in [2.24, 2.45) is 5.41 Å². The fourth-order valence-electron chi connectivity index (χ4n) is 3.17. The molecule has 0 atom stereocenters. The fraction of sp³-hybridized carbons (Fsp3) is 0.625. The van der Waals surface area contributed by atoms with Crippen LogP contribution in [0.1, 0.15) is 38.2 Å². The number of rotatable bonds is 5. The van der Waals surface area contributed by atoms with E-state index in [0.717, 1.165) is 18.5 Å². The van der Waals surface area contributed by atoms with Crippen molar-refractivity contribution < 1.29 is 0 Å². The van der Waals surface area contributed by atoms with Crippen LogP contribution in [0.2, 0.25) is 0 Å². The van der Waals surface area contributed by atoms with Crippen LogP contribution >= 0.6 is 0 Å². The van der Waals surface area contributed by atoms with Gasteiger partial charge in [0.15, 0.2) is 0 Å². The molecule has 1 saturated heterocycles. The van der Waals surface area contributed by atoms with Crippen LogP contribution in [0.25, 0.3) is 0 Å². The lowest BCUT2D eigenvalue weighted by atomic mass is 9.63. The highest BCUT2D eigenvalue weighted by Gasteiger charge is 2.47. The van der Waals surface area contributed by atoms with E-state index < -0.39 is 0 Å². The van der Waals surface area contributed by atoms with E-state index in [1.165, 1.54) is 50.0 Å². The van der Waals surface area contributed by atoms with Crippen LogP contribution in [-0.2, 0) is 6.54 Å². The zero-order valence-electron chi connectivity index (χ0n) is 11.4. The first-order chi connectivity index (χ1) is 8.81. The van der Waals surface area contributed by atoms with E-state index in [-0.39, 0.29) is 0 Å². The average molecular weight is 244 g/mol. The van der Waals surface area contributed by atoms with Gasteiger partial charge in [-0.1, -0.05) is 25.5 Å². The van der Waals surface area contributed by atoms with Crippen molar-refractivity contribution >= 4 is 5.69 Å². The first-order valence-electron chi connectivity index (χ1n) is 7.36. The second-order valence-electron chi connectivity index (χ2n) is 6.05. The molecule has 1 N–H and O–H groups in total. The Labute approximate surface area is 110 Å². The Balaban J connectivity index is 1.52. The van der Waals surface area contributed by atoms with E-state index in [1.807, 2.05) is 0 Å². The zero-order valence-corrected chi connectivity index (χ0v) is 11.4. The third-order valence-corrected chi connectivity index (χ3v) is 4.52. The minimum Gasteiger partial charge on any atom is -0.370 e. The Morgan fingerprint density at radius 3 is 2.44 bits per heavy atom. The molecule has 3 rings (SSSR count). The molecule has 1 aromatic rings. The van der Waals surface area contributed by atoms with Crippen LogP contribution in [0.15, 0.2) is 24.3 Å². The summed E-state index contributed by atoms with van der Waals surface area (Å²) in [6.07, 6.45) is 5.58. The number of hydrogen-bond donors (Lipinski definition) is 1. The summed E-state index contributed by atoms with van der Waals surface area (Å²) < 4.78 is 0. The highest BCUT2D eigenvalue weighted by atomic mass is 15.2. The molecule has 0 radical (unpaired) electrons. The topological polar surface area (TPSA) is 15.3 Å². The molecule has 1 saturated carbocycles. The average Bonchev–Trinajstić information content (AvgIpc) is 2.28. The van der Waals surface area contributed by atoms with Crippen LogP contribution in [0, 0.1) is 5.41 Å². The predicted octanol–water partition coefficient (Wildman–Crippen LogP) is 3.18. The van der Waals surface area contributed by atoms with Crippen molar-refractivity contribution in [2.45, 2.75) is 39.2 Å². The van der Waals surface area contributed by atoms with E-state index in [1.54, 1.807) is 0 Å². The van der Waals surface area contributed by atoms with Gasteiger partial charge in [-0.3, -0.25) is 0 Å². The second-order valence-corrected chi connectivity index (χ2v) is 6.05. The van der Waals surface area contributed by atoms with Gasteiger partial charge in [0.25, 0.3) is 0 Å². The molecule has 0 unspecified atom stereocenters. The van der Waals surface area contributed by atoms with Crippen molar-refractivity contribution in [2.75, 3.05) is 24.5 Å². The number of benzene rings is 1. The molecule has 1 heterocycles. The minimum absolute atomic E-state index is 0.724. The summed E-state index contributed by atoms with van der Waals surface area (Å²) in [4.78, 5) is 2.53. The van der Waals surface area contributed by atoms with Gasteiger partial charge in [0.2, 0.25) is 0 Å². The molecule has 98 valence electrons. The summed E-state index contributed by atoms with van der Waals surface area (Å²) in [6, 6.07) is 9.11. The van der Waals surface area contributed by atoms with Crippen LogP contribution in [0.4, 0.5) is 5.69 Å². The largest absolute Gasteiger partial charge is 0.370 e. The van der Waals surface area contributed by atoms with Gasteiger partial charge in [0.1, 0.15) is 0 Å². The zero-order chi connectivity index (χ0) is 12.4. The van der Waals surface area contributed by atoms with Crippen molar-refractivity contribution in [1.29, 1.82) is 0 Å². The molecule has 1 aromatic carbocycles. The molecular weight excluding hydrogens is 220 g/mol. The number of anilines is 1. The summed E-state index contributed by atoms with van der Waals surface area (Å²) in [5.74, 6) is 0. The molecule has 2 aliphatic rings. The molecule has 1 spiro atoms. The van der Waals surface area contributed by atoms with Crippen LogP contribution < -0.4 is 10.2 Å². The van der Waals surface area contributed by atoms with E-state index >= 15 is 0 Å². The summed E-state index contributed by atoms with van der Waals surface area (Å²) in [5.41, 5.74) is 3.53. The highest BCUT2D eigenvalue weighted by molar-refractivity contribution is 5.51. The maximum absolute atomic E-state index is 3.45. The van der Waals surface area contributed by atoms with Gasteiger partial charge in [-0.25, -0.2) is 0 Å². The predicted molar refractivity (Wildman–Crippen MR) is 76.9 cm³/mol. The molecule has 2 nitrogen and oxygen atoms in total. The Morgan fingerprint density at radius 2 is 1.89 bits per heavy atom. The quantitative estimate of drug-likeness (QED) is 0.800. The van der Waals surface area contributed by atoms with Crippen molar-refractivity contribution in [3.8, 4) is 0 Å². The summed E-state index contributed by atoms with van der Waals surface area (Å²) in [7, 11) is 0. The minimum atomic E-state index is 0.724. The van der Waals surface area contributed by atoms with Crippen LogP contribution in [-0.4, -0.2) is 19.6 Å². The molecule has 0 aromatic heterocycles. The standard InChI is InChI=1S/C16H24N2/c1-2-10-17-11-14-4-6-15(7-5-14)18-12-16(13-18)8-3-9-16/h4-7,17H,2-3,8-13H2,1H3. The Bertz CT molecular complexity index is 384. The summed E-state index contributed by atoms with van der Waals surface area (Å²) in [6.45, 7) is 6.89. The van der Waals surface area contributed by atoms with Gasteiger partial charge in [-0.15, -0.1) is 0 Å². The third-order valence-electron chi connectivity index (χ3n) is 4.52. The van der Waals surface area contributed by atoms with Crippen molar-refractivity contribution in [1.82, 2.24) is 5.32 Å². The second kappa shape index (κ2) is 4.93. The molecular formula is C16H24N2. The SMILES string of the molecule is CCCNCc1ccc(N2CC3(CCC3)C2)cc1. The van der Waals surface area contributed by atoms with Gasteiger partial charge in [0.05, 0.1) is 0 Å². The van der Waals surface area contributed by atoms with Crippen LogP contribution in [0.3, 0.4) is 0 Å². The number of hydrogen-bond acceptors (Lipinski definition) is 2. The molecule has 0 bridgehead atoms. The van der Waals surface area contributed by atoms with Gasteiger partial charge >= 0.3 is 0 Å². The maximum atomic E-state index is 3.45. The molecule has 2 fully saturated rings. The van der Waals surface area contributed by atoms with E-state index in [2.05, 4.69) is 41.4 Å². The lowest BCUT2D eigenvalue weighted by Gasteiger charge is -2.57. The summed E-state index contributed by atoms with van der Waals surface area (Å²) >= 11 is 0. The van der Waals surface area contributed by atoms with E-state index in [0.29, 0.717) is 0 Å². The smallest absolute Gasteiger partial charge is 0.0366 e. The van der Waals surface area contributed by atoms with Crippen molar-refractivity contribution in [3.63, 3.8) is 0 Å². The molecule has 0 amide bonds. The Hall–Kier alpha value is -1.02. The van der Waals surface area contributed by atoms with Gasteiger partial charge in [-0.05, 0) is 43.5 Å². The van der Waals surface area contributed by atoms with Crippen LogP contribution in [0.5, 0.6) is 0 Å². The number of nitrogens with one attached hydrogen (secondary N) is 1. The highest BCUT2D eigenvalue weighted by Crippen LogP contribution is 2.49. The molecule has 1 aliphatic heterocycles. The Kier molecular flexibility index (Phi) is 3.29. The fourth-order valence-corrected chi connectivity index (χ4v) is 3.17. The first kappa shape index (κ1) is 12.0. The third kappa shape index (κ3) is 2.26. The van der Waals surface area contributed by atoms with Gasteiger partial charge in [0, 0.05) is 30.7 Å². The van der Waals surface area contributed by atoms with Gasteiger partial charge in [-0.2, -0.15) is 0 Å². The molecule has 18 heavy (non-hydrogen) atoms. The molecule has 1 aliphatic carbocycles. The lowest BCUT2D eigenvalue weighted by molar-refractivity contribution is 0.0904.